The summed E-state index contributed by atoms with van der Waals surface area (Å²) in [6.45, 7) is 0.945. The lowest BCUT2D eigenvalue weighted by Crippen LogP contribution is -2.47. The van der Waals surface area contributed by atoms with Gasteiger partial charge in [-0.25, -0.2) is 0 Å². The van der Waals surface area contributed by atoms with Crippen molar-refractivity contribution < 1.29 is 32.6 Å². The molecule has 0 atom stereocenters. The van der Waals surface area contributed by atoms with Crippen LogP contribution in [0.3, 0.4) is 0 Å². The van der Waals surface area contributed by atoms with E-state index in [1.54, 1.807) is 12.1 Å². The lowest BCUT2D eigenvalue weighted by atomic mass is 9.96. The average molecular weight is 495 g/mol. The Kier molecular flexibility index (Phi) is 7.29. The molecule has 0 aliphatic carbocycles. The fraction of sp³-hybridized carbons (Fsp3) is 0.333. The van der Waals surface area contributed by atoms with Crippen LogP contribution in [-0.2, 0) is 4.79 Å². The van der Waals surface area contributed by atoms with Gasteiger partial charge < -0.3 is 27.9 Å². The number of oxazole rings is 1. The molecule has 0 bridgehead atoms. The van der Waals surface area contributed by atoms with Crippen LogP contribution in [0.1, 0.15) is 28.9 Å². The first-order valence-electron chi connectivity index (χ1n) is 11.1. The first-order valence-corrected chi connectivity index (χ1v) is 11.1. The molecular weight excluding hydrogens is 470 g/mol. The predicted molar refractivity (Wildman–Crippen MR) is 126 cm³/mol. The molecule has 1 fully saturated rings. The number of hydrazine groups is 1. The lowest BCUT2D eigenvalue weighted by molar-refractivity contribution is -0.126. The Hall–Kier alpha value is -4.66. The Morgan fingerprint density at radius 1 is 1.11 bits per heavy atom. The number of nitrogens with zero attached hydrogens (tertiary/aromatic N) is 3. The molecule has 0 radical (unpaired) electrons. The van der Waals surface area contributed by atoms with Crippen LogP contribution in [0.5, 0.6) is 17.2 Å². The van der Waals surface area contributed by atoms with E-state index in [0.29, 0.717) is 54.8 Å². The number of furan rings is 1. The van der Waals surface area contributed by atoms with E-state index in [1.807, 2.05) is 11.0 Å². The third kappa shape index (κ3) is 4.90. The van der Waals surface area contributed by atoms with E-state index in [-0.39, 0.29) is 29.0 Å². The molecule has 1 aliphatic rings. The largest absolute Gasteiger partial charge is 0.493 e. The average Bonchev–Trinajstić information content (AvgIpc) is 3.61. The van der Waals surface area contributed by atoms with Gasteiger partial charge in [0.15, 0.2) is 17.3 Å². The van der Waals surface area contributed by atoms with E-state index in [4.69, 9.17) is 23.0 Å². The number of benzene rings is 1. The number of hydrogen-bond donors (Lipinski definition) is 2. The zero-order chi connectivity index (χ0) is 25.7. The van der Waals surface area contributed by atoms with Crippen LogP contribution < -0.4 is 30.0 Å². The van der Waals surface area contributed by atoms with Crippen LogP contribution in [0.15, 0.2) is 39.4 Å². The molecule has 12 heteroatoms. The van der Waals surface area contributed by atoms with Gasteiger partial charge >= 0.3 is 0 Å². The maximum absolute atomic E-state index is 12.7. The van der Waals surface area contributed by atoms with E-state index < -0.39 is 5.91 Å². The highest BCUT2D eigenvalue weighted by atomic mass is 16.5. The Bertz CT molecular complexity index is 1250. The third-order valence-electron chi connectivity index (χ3n) is 5.83. The van der Waals surface area contributed by atoms with E-state index in [1.165, 1.54) is 39.7 Å². The van der Waals surface area contributed by atoms with E-state index in [9.17, 15) is 14.9 Å². The second-order valence-corrected chi connectivity index (χ2v) is 7.88. The summed E-state index contributed by atoms with van der Waals surface area (Å²) in [6, 6.07) is 8.42. The van der Waals surface area contributed by atoms with Gasteiger partial charge in [0.1, 0.15) is 6.07 Å². The molecule has 188 valence electrons. The summed E-state index contributed by atoms with van der Waals surface area (Å²) in [5.41, 5.74) is 5.29. The maximum Gasteiger partial charge on any atom is 0.269 e. The summed E-state index contributed by atoms with van der Waals surface area (Å²) in [6.07, 6.45) is 2.48. The standard InChI is InChI=1S/C24H25N5O7/c1-32-18-11-15(12-19(33-2)20(18)34-3)22(31)28-27-21(30)14-6-8-29(9-7-14)24-16(13-25)26-23(36-24)17-5-4-10-35-17/h4-5,10-12,14H,6-9H2,1-3H3,(H,27,30)(H,28,31). The van der Waals surface area contributed by atoms with Crippen molar-refractivity contribution in [3.05, 3.63) is 41.8 Å². The molecule has 3 heterocycles. The first kappa shape index (κ1) is 24.5. The highest BCUT2D eigenvalue weighted by Crippen LogP contribution is 2.38. The minimum absolute atomic E-state index is 0.155. The summed E-state index contributed by atoms with van der Waals surface area (Å²) in [7, 11) is 4.36. The summed E-state index contributed by atoms with van der Waals surface area (Å²) in [4.78, 5) is 31.4. The van der Waals surface area contributed by atoms with Crippen LogP contribution in [0.4, 0.5) is 5.88 Å². The Balaban J connectivity index is 1.34. The van der Waals surface area contributed by atoms with Gasteiger partial charge in [-0.3, -0.25) is 20.4 Å². The van der Waals surface area contributed by atoms with Gasteiger partial charge in [0.05, 0.1) is 27.6 Å². The monoisotopic (exact) mass is 495 g/mol. The molecule has 3 aromatic rings. The number of methoxy groups -OCH3 is 3. The molecule has 36 heavy (non-hydrogen) atoms. The molecule has 2 N–H and O–H groups in total. The smallest absolute Gasteiger partial charge is 0.269 e. The molecule has 1 saturated heterocycles. The molecule has 2 aromatic heterocycles. The van der Waals surface area contributed by atoms with Gasteiger partial charge in [-0.15, -0.1) is 0 Å². The van der Waals surface area contributed by atoms with Crippen LogP contribution >= 0.6 is 0 Å². The third-order valence-corrected chi connectivity index (χ3v) is 5.83. The number of nitriles is 1. The predicted octanol–water partition coefficient (Wildman–Crippen LogP) is 2.51. The molecule has 0 saturated carbocycles. The summed E-state index contributed by atoms with van der Waals surface area (Å²) >= 11 is 0. The van der Waals surface area contributed by atoms with Gasteiger partial charge in [0, 0.05) is 24.6 Å². The van der Waals surface area contributed by atoms with E-state index >= 15 is 0 Å². The molecule has 1 aromatic carbocycles. The summed E-state index contributed by atoms with van der Waals surface area (Å²) in [5.74, 6) is 0.805. The van der Waals surface area contributed by atoms with Crippen molar-refractivity contribution in [2.24, 2.45) is 5.92 Å². The van der Waals surface area contributed by atoms with Crippen molar-refractivity contribution in [2.75, 3.05) is 39.3 Å². The second-order valence-electron chi connectivity index (χ2n) is 7.88. The first-order chi connectivity index (χ1) is 17.5. The van der Waals surface area contributed by atoms with Crippen molar-refractivity contribution >= 4 is 17.7 Å². The second kappa shape index (κ2) is 10.7. The van der Waals surface area contributed by atoms with Crippen LogP contribution in [0, 0.1) is 17.2 Å². The van der Waals surface area contributed by atoms with Crippen LogP contribution in [0.25, 0.3) is 11.7 Å². The zero-order valence-electron chi connectivity index (χ0n) is 20.0. The summed E-state index contributed by atoms with van der Waals surface area (Å²) in [5, 5.41) is 9.45. The van der Waals surface area contributed by atoms with Crippen molar-refractivity contribution in [3.63, 3.8) is 0 Å². The number of rotatable bonds is 7. The highest BCUT2D eigenvalue weighted by Gasteiger charge is 2.29. The molecule has 0 spiro atoms. The highest BCUT2D eigenvalue weighted by molar-refractivity contribution is 5.96. The van der Waals surface area contributed by atoms with Crippen molar-refractivity contribution in [2.45, 2.75) is 12.8 Å². The zero-order valence-corrected chi connectivity index (χ0v) is 20.0. The lowest BCUT2D eigenvalue weighted by Gasteiger charge is -2.30. The number of carbonyl (C=O) groups is 2. The Morgan fingerprint density at radius 2 is 1.81 bits per heavy atom. The molecule has 4 rings (SSSR count). The number of ether oxygens (including phenoxy) is 3. The van der Waals surface area contributed by atoms with Gasteiger partial charge in [0.2, 0.25) is 23.2 Å². The number of aromatic nitrogens is 1. The van der Waals surface area contributed by atoms with Crippen LogP contribution in [-0.4, -0.2) is 51.2 Å². The fourth-order valence-electron chi connectivity index (χ4n) is 3.95. The van der Waals surface area contributed by atoms with Gasteiger partial charge in [0.25, 0.3) is 11.8 Å². The molecule has 1 aliphatic heterocycles. The van der Waals surface area contributed by atoms with E-state index in [2.05, 4.69) is 15.8 Å². The van der Waals surface area contributed by atoms with Crippen LogP contribution in [0.2, 0.25) is 0 Å². The molecule has 12 nitrogen and oxygen atoms in total. The van der Waals surface area contributed by atoms with Crippen molar-refractivity contribution in [1.82, 2.24) is 15.8 Å². The quantitative estimate of drug-likeness (QED) is 0.468. The van der Waals surface area contributed by atoms with Gasteiger partial charge in [-0.05, 0) is 37.1 Å². The number of piperidine rings is 1. The van der Waals surface area contributed by atoms with E-state index in [0.717, 1.165) is 0 Å². The number of nitrogens with one attached hydrogen (secondary N) is 2. The maximum atomic E-state index is 12.7. The normalized spacial score (nSPS) is 13.6. The minimum Gasteiger partial charge on any atom is -0.493 e. The number of hydrogen-bond acceptors (Lipinski definition) is 10. The Morgan fingerprint density at radius 3 is 2.36 bits per heavy atom. The molecule has 0 unspecified atom stereocenters. The summed E-state index contributed by atoms with van der Waals surface area (Å²) < 4.78 is 26.9. The molecule has 2 amide bonds. The minimum atomic E-state index is -0.536. The van der Waals surface area contributed by atoms with Gasteiger partial charge in [-0.1, -0.05) is 0 Å². The molecular formula is C24H25N5O7. The number of anilines is 1. The topological polar surface area (TPSA) is 152 Å². The van der Waals surface area contributed by atoms with Crippen molar-refractivity contribution in [1.29, 1.82) is 5.26 Å². The van der Waals surface area contributed by atoms with Gasteiger partial charge in [-0.2, -0.15) is 10.2 Å². The number of amides is 2. The Labute approximate surface area is 206 Å². The SMILES string of the molecule is COc1cc(C(=O)NNC(=O)C2CCN(c3oc(-c4ccco4)nc3C#N)CC2)cc(OC)c1OC. The number of carbonyl (C=O) groups excluding carboxylic acids is 2. The van der Waals surface area contributed by atoms with Crippen molar-refractivity contribution in [3.8, 4) is 35.0 Å². The fourth-order valence-corrected chi connectivity index (χ4v) is 3.95.